The molecular weight excluding hydrogens is 496 g/mol. The lowest BCUT2D eigenvalue weighted by atomic mass is 9.97. The fraction of sp³-hybridized carbons (Fsp3) is 0.324. The smallest absolute Gasteiger partial charge is 0.305 e. The second-order valence-corrected chi connectivity index (χ2v) is 9.59. The van der Waals surface area contributed by atoms with Crippen molar-refractivity contribution in [2.75, 3.05) is 13.2 Å². The maximum Gasteiger partial charge on any atom is 0.305 e. The molecule has 0 aliphatic rings. The van der Waals surface area contributed by atoms with Crippen molar-refractivity contribution in [3.63, 3.8) is 0 Å². The molecule has 6 heteroatoms. The van der Waals surface area contributed by atoms with Gasteiger partial charge in [0.05, 0.1) is 24.3 Å². The van der Waals surface area contributed by atoms with Gasteiger partial charge in [-0.15, -0.1) is 0 Å². The summed E-state index contributed by atoms with van der Waals surface area (Å²) < 4.78 is 7.07. The number of unbranched alkanes of at least 4 members (excludes halogenated alkanes) is 3. The number of carbonyl (C=O) groups excluding carboxylic acids is 1. The number of hydrogen-bond acceptors (Lipinski definition) is 4. The molecule has 0 radical (unpaired) electrons. The van der Waals surface area contributed by atoms with Gasteiger partial charge in [0.25, 0.3) is 0 Å². The Bertz CT molecular complexity index is 1270. The van der Waals surface area contributed by atoms with Gasteiger partial charge in [-0.25, -0.2) is 4.68 Å². The van der Waals surface area contributed by atoms with Crippen LogP contribution in [0.3, 0.4) is 0 Å². The Labute approximate surface area is 239 Å². The van der Waals surface area contributed by atoms with Gasteiger partial charge < -0.3 is 10.1 Å². The highest BCUT2D eigenvalue weighted by atomic mass is 16.5. The van der Waals surface area contributed by atoms with Crippen LogP contribution in [0.2, 0.25) is 0 Å². The van der Waals surface area contributed by atoms with Gasteiger partial charge in [-0.3, -0.25) is 9.79 Å². The topological polar surface area (TPSA) is 68.5 Å². The maximum absolute atomic E-state index is 11.7. The quantitative estimate of drug-likeness (QED) is 0.0634. The molecule has 6 nitrogen and oxygen atoms in total. The van der Waals surface area contributed by atoms with Gasteiger partial charge in [-0.2, -0.15) is 5.10 Å². The van der Waals surface area contributed by atoms with Crippen LogP contribution in [0.25, 0.3) is 22.5 Å². The average molecular weight is 539 g/mol. The first-order valence-electron chi connectivity index (χ1n) is 14.2. The highest BCUT2D eigenvalue weighted by molar-refractivity contribution is 5.74. The van der Waals surface area contributed by atoms with E-state index in [-0.39, 0.29) is 5.97 Å². The molecule has 0 spiro atoms. The molecule has 0 aliphatic heterocycles. The molecule has 0 saturated carbocycles. The standard InChI is InChI=1S/C34H42N4O2/c1-4-6-11-18-28(3)25-35-26-36-27-38-34(30-21-14-10-15-22-30)31(33(37-38)29-19-12-9-13-20-29)23-16-7-8-17-24-32(39)40-5-2/h4,6,9-15,18-22,26H,1,5,7-8,16-17,23-25,27H2,2-3H3,(H,35,36)/b11-6-,28-18+. The summed E-state index contributed by atoms with van der Waals surface area (Å²) >= 11 is 0. The number of hydrogen-bond donors (Lipinski definition) is 1. The Kier molecular flexibility index (Phi) is 13.2. The lowest BCUT2D eigenvalue weighted by Crippen LogP contribution is -2.14. The molecule has 40 heavy (non-hydrogen) atoms. The van der Waals surface area contributed by atoms with E-state index in [0.29, 0.717) is 26.2 Å². The summed E-state index contributed by atoms with van der Waals surface area (Å²) in [6, 6.07) is 20.8. The number of allylic oxidation sites excluding steroid dienone is 4. The van der Waals surface area contributed by atoms with E-state index >= 15 is 0 Å². The Hall–Kier alpha value is -4.19. The molecule has 2 aromatic carbocycles. The largest absolute Gasteiger partial charge is 0.466 e. The van der Waals surface area contributed by atoms with E-state index in [1.165, 1.54) is 11.1 Å². The molecule has 3 rings (SSSR count). The molecule has 0 aliphatic carbocycles. The molecular formula is C34H42N4O2. The van der Waals surface area contributed by atoms with E-state index in [9.17, 15) is 4.79 Å². The van der Waals surface area contributed by atoms with Crippen LogP contribution in [0.15, 0.2) is 102 Å². The van der Waals surface area contributed by atoms with E-state index in [1.54, 1.807) is 12.4 Å². The molecule has 1 N–H and O–H groups in total. The van der Waals surface area contributed by atoms with Crippen LogP contribution in [0.1, 0.15) is 51.5 Å². The van der Waals surface area contributed by atoms with E-state index in [1.807, 2.05) is 35.9 Å². The number of aromatic nitrogens is 2. The van der Waals surface area contributed by atoms with Crippen LogP contribution in [0.4, 0.5) is 0 Å². The third-order valence-electron chi connectivity index (χ3n) is 6.41. The minimum absolute atomic E-state index is 0.104. The van der Waals surface area contributed by atoms with Crippen molar-refractivity contribution < 1.29 is 9.53 Å². The van der Waals surface area contributed by atoms with E-state index in [0.717, 1.165) is 54.6 Å². The third kappa shape index (κ3) is 9.84. The molecule has 0 unspecified atom stereocenters. The summed E-state index contributed by atoms with van der Waals surface area (Å²) in [5.41, 5.74) is 6.77. The zero-order valence-corrected chi connectivity index (χ0v) is 23.9. The zero-order valence-electron chi connectivity index (χ0n) is 23.9. The minimum Gasteiger partial charge on any atom is -0.466 e. The summed E-state index contributed by atoms with van der Waals surface area (Å²) in [6.07, 6.45) is 14.8. The number of nitrogens with one attached hydrogen (secondary N) is 1. The van der Waals surface area contributed by atoms with Crippen LogP contribution < -0.4 is 5.32 Å². The average Bonchev–Trinajstić information content (AvgIpc) is 3.34. The Morgan fingerprint density at radius 2 is 1.70 bits per heavy atom. The van der Waals surface area contributed by atoms with E-state index in [4.69, 9.17) is 9.84 Å². The molecule has 1 aromatic heterocycles. The Balaban J connectivity index is 1.79. The molecule has 0 atom stereocenters. The highest BCUT2D eigenvalue weighted by Crippen LogP contribution is 2.34. The van der Waals surface area contributed by atoms with Crippen molar-refractivity contribution in [1.29, 1.82) is 0 Å². The Morgan fingerprint density at radius 3 is 2.40 bits per heavy atom. The first kappa shape index (κ1) is 30.4. The van der Waals surface area contributed by atoms with Crippen molar-refractivity contribution in [2.24, 2.45) is 4.99 Å². The predicted molar refractivity (Wildman–Crippen MR) is 166 cm³/mol. The first-order valence-corrected chi connectivity index (χ1v) is 14.2. The van der Waals surface area contributed by atoms with Crippen molar-refractivity contribution in [2.45, 2.75) is 59.0 Å². The van der Waals surface area contributed by atoms with Crippen molar-refractivity contribution in [3.8, 4) is 22.5 Å². The van der Waals surface area contributed by atoms with Gasteiger partial charge in [-0.05, 0) is 33.1 Å². The van der Waals surface area contributed by atoms with Crippen LogP contribution >= 0.6 is 0 Å². The number of aliphatic imine (C=N–C) groups is 1. The molecule has 0 amide bonds. The van der Waals surface area contributed by atoms with Crippen LogP contribution in [-0.4, -0.2) is 35.2 Å². The first-order chi connectivity index (χ1) is 19.6. The highest BCUT2D eigenvalue weighted by Gasteiger charge is 2.20. The summed E-state index contributed by atoms with van der Waals surface area (Å²) in [5.74, 6) is -0.104. The molecule has 1 heterocycles. The number of nitrogens with zero attached hydrogens (tertiary/aromatic N) is 3. The number of carbonyl (C=O) groups is 1. The SMILES string of the molecule is C=C/C=C\C=C(/C)CN/C=N/Cn1nc(-c2ccccc2)c(CCCCCCC(=O)OCC)c1-c1ccccc1. The number of rotatable bonds is 17. The normalized spacial score (nSPS) is 11.8. The van der Waals surface area contributed by atoms with Gasteiger partial charge >= 0.3 is 5.97 Å². The monoisotopic (exact) mass is 538 g/mol. The summed E-state index contributed by atoms with van der Waals surface area (Å²) in [5, 5.41) is 8.35. The number of ether oxygens (including phenoxy) is 1. The van der Waals surface area contributed by atoms with Gasteiger partial charge in [0.1, 0.15) is 6.67 Å². The molecule has 210 valence electrons. The van der Waals surface area contributed by atoms with E-state index < -0.39 is 0 Å². The molecule has 0 saturated heterocycles. The Morgan fingerprint density at radius 1 is 1.00 bits per heavy atom. The predicted octanol–water partition coefficient (Wildman–Crippen LogP) is 7.54. The van der Waals surface area contributed by atoms with E-state index in [2.05, 4.69) is 78.4 Å². The fourth-order valence-electron chi connectivity index (χ4n) is 4.49. The van der Waals surface area contributed by atoms with Crippen LogP contribution in [-0.2, 0) is 22.6 Å². The minimum atomic E-state index is -0.104. The van der Waals surface area contributed by atoms with Gasteiger partial charge in [0.2, 0.25) is 0 Å². The van der Waals surface area contributed by atoms with Crippen molar-refractivity contribution in [1.82, 2.24) is 15.1 Å². The van der Waals surface area contributed by atoms with Crippen LogP contribution in [0, 0.1) is 0 Å². The fourth-order valence-corrected chi connectivity index (χ4v) is 4.49. The maximum atomic E-state index is 11.7. The molecule has 3 aromatic rings. The van der Waals surface area contributed by atoms with Gasteiger partial charge in [0.15, 0.2) is 0 Å². The second-order valence-electron chi connectivity index (χ2n) is 9.59. The second kappa shape index (κ2) is 17.4. The summed E-state index contributed by atoms with van der Waals surface area (Å²) in [7, 11) is 0. The molecule has 0 bridgehead atoms. The van der Waals surface area contributed by atoms with Crippen LogP contribution in [0.5, 0.6) is 0 Å². The summed E-state index contributed by atoms with van der Waals surface area (Å²) in [4.78, 5) is 16.3. The molecule has 0 fully saturated rings. The van der Waals surface area contributed by atoms with Gasteiger partial charge in [0, 0.05) is 29.7 Å². The number of esters is 1. The van der Waals surface area contributed by atoms with Crippen molar-refractivity contribution in [3.05, 3.63) is 103 Å². The summed E-state index contributed by atoms with van der Waals surface area (Å²) in [6.45, 7) is 9.18. The lowest BCUT2D eigenvalue weighted by Gasteiger charge is -2.10. The third-order valence-corrected chi connectivity index (χ3v) is 6.41. The zero-order chi connectivity index (χ0) is 28.4. The number of benzene rings is 2. The van der Waals surface area contributed by atoms with Gasteiger partial charge in [-0.1, -0.05) is 110 Å². The lowest BCUT2D eigenvalue weighted by molar-refractivity contribution is -0.143. The van der Waals surface area contributed by atoms with Crippen molar-refractivity contribution >= 4 is 12.3 Å².